The van der Waals surface area contributed by atoms with Crippen LogP contribution in [0.3, 0.4) is 0 Å². The zero-order valence-electron chi connectivity index (χ0n) is 26.7. The van der Waals surface area contributed by atoms with Gasteiger partial charge in [0, 0.05) is 18.2 Å². The summed E-state index contributed by atoms with van der Waals surface area (Å²) in [6.45, 7) is 3.47. The Bertz CT molecular complexity index is 2040. The fraction of sp³-hybridized carbons (Fsp3) is 0.481. The van der Waals surface area contributed by atoms with E-state index in [0.717, 1.165) is 11.1 Å². The molecule has 1 aromatic heterocycles. The van der Waals surface area contributed by atoms with E-state index in [1.807, 2.05) is 18.8 Å². The van der Waals surface area contributed by atoms with E-state index in [1.165, 1.54) is 15.3 Å². The number of ether oxygens (including phenoxy) is 1. The Morgan fingerprint density at radius 3 is 2.31 bits per heavy atom. The molecule has 8 N–H and O–H groups in total. The number of H-pyrrole nitrogens is 2. The topological polar surface area (TPSA) is 315 Å². The van der Waals surface area contributed by atoms with Gasteiger partial charge in [-0.1, -0.05) is 0 Å². The van der Waals surface area contributed by atoms with Gasteiger partial charge in [-0.05, 0) is 44.0 Å². The van der Waals surface area contributed by atoms with Crippen molar-refractivity contribution in [2.75, 3.05) is 13.2 Å². The zero-order valence-corrected chi connectivity index (χ0v) is 29.6. The van der Waals surface area contributed by atoms with E-state index in [9.17, 15) is 49.1 Å². The Morgan fingerprint density at radius 1 is 1.04 bits per heavy atom. The number of hydrogen-bond acceptors (Lipinski definition) is 15. The molecule has 7 atom stereocenters. The van der Waals surface area contributed by atoms with E-state index in [2.05, 4.69) is 19.5 Å². The third-order valence-corrected chi connectivity index (χ3v) is 8.11. The number of rotatable bonds is 9. The van der Waals surface area contributed by atoms with E-state index < -0.39 is 80.2 Å². The first-order valence-electron chi connectivity index (χ1n) is 14.3. The van der Waals surface area contributed by atoms with E-state index in [1.54, 1.807) is 19.1 Å². The second-order valence-corrected chi connectivity index (χ2v) is 12.4. The van der Waals surface area contributed by atoms with Crippen LogP contribution in [0.4, 0.5) is 0 Å². The Balaban J connectivity index is 0.000000305. The first kappa shape index (κ1) is 40.5. The molecule has 1 saturated heterocycles. The molecular weight excluding hydrogens is 686 g/mol. The van der Waals surface area contributed by atoms with E-state index in [4.69, 9.17) is 14.7 Å². The Kier molecular flexibility index (Phi) is 13.5. The normalized spacial score (nSPS) is 20.6. The van der Waals surface area contributed by atoms with Crippen molar-refractivity contribution in [1.29, 1.82) is 0 Å². The van der Waals surface area contributed by atoms with Gasteiger partial charge in [0.05, 0.1) is 36.9 Å². The number of aryl methyl sites for hydroxylation is 3. The van der Waals surface area contributed by atoms with Gasteiger partial charge in [0.1, 0.15) is 30.6 Å². The smallest absolute Gasteiger partial charge is 0.756 e. The van der Waals surface area contributed by atoms with Crippen molar-refractivity contribution in [2.45, 2.75) is 70.5 Å². The molecule has 3 aliphatic rings. The Labute approximate surface area is 297 Å². The van der Waals surface area contributed by atoms with Gasteiger partial charge in [0.25, 0.3) is 18.9 Å². The molecule has 1 fully saturated rings. The second kappa shape index (κ2) is 16.4. The summed E-state index contributed by atoms with van der Waals surface area (Å²) in [6.07, 6.45) is -6.07. The quantitative estimate of drug-likeness (QED) is 0.0453. The van der Waals surface area contributed by atoms with Crippen molar-refractivity contribution in [1.82, 2.24) is 29.1 Å². The zero-order chi connectivity index (χ0) is 35.7. The summed E-state index contributed by atoms with van der Waals surface area (Å²) >= 11 is 0. The van der Waals surface area contributed by atoms with Gasteiger partial charge in [-0.3, -0.25) is 28.7 Å². The molecular formula is C27H34N6NaO14P. The number of fused-ring (bicyclic) bond motifs is 2. The van der Waals surface area contributed by atoms with Crippen LogP contribution in [0.1, 0.15) is 29.3 Å². The van der Waals surface area contributed by atoms with Crippen LogP contribution in [0.2, 0.25) is 0 Å². The van der Waals surface area contributed by atoms with Crippen molar-refractivity contribution >= 4 is 18.9 Å². The minimum Gasteiger partial charge on any atom is -0.756 e. The minimum atomic E-state index is -5.14. The van der Waals surface area contributed by atoms with Gasteiger partial charge in [-0.2, -0.15) is 4.98 Å². The fourth-order valence-electron chi connectivity index (χ4n) is 4.91. The van der Waals surface area contributed by atoms with Crippen molar-refractivity contribution < 1.29 is 78.7 Å². The fourth-order valence-corrected chi connectivity index (χ4v) is 5.25. The SMILES string of the molecule is Cc1cc2nc3c(=O)[nH]c(=O)nc-3n(C[C@H](O)[C@H](O)[C@H](O)COP(=O)([O-])O)c2cc1C.Cc1cn([C@H]2C[C@H](O)[C@@H](CO)O2)c(=O)[nH]c1=O.[Na+]. The summed E-state index contributed by atoms with van der Waals surface area (Å²) in [6, 6.07) is 3.40. The predicted octanol–water partition coefficient (Wildman–Crippen LogP) is -6.75. The second-order valence-electron chi connectivity index (χ2n) is 11.2. The summed E-state index contributed by atoms with van der Waals surface area (Å²) in [5.74, 6) is -0.152. The van der Waals surface area contributed by atoms with Gasteiger partial charge >= 0.3 is 40.9 Å². The first-order chi connectivity index (χ1) is 22.4. The van der Waals surface area contributed by atoms with Gasteiger partial charge in [-0.15, -0.1) is 0 Å². The summed E-state index contributed by atoms with van der Waals surface area (Å²) in [5, 5.41) is 49.0. The van der Waals surface area contributed by atoms with Crippen LogP contribution in [0.25, 0.3) is 22.6 Å². The number of aromatic nitrogens is 6. The molecule has 4 heterocycles. The Morgan fingerprint density at radius 2 is 1.69 bits per heavy atom. The van der Waals surface area contributed by atoms with Gasteiger partial charge in [0.15, 0.2) is 11.5 Å². The molecule has 1 aromatic carbocycles. The molecule has 0 aliphatic carbocycles. The number of phosphoric acid groups is 1. The molecule has 2 aromatic rings. The molecule has 5 rings (SSSR count). The molecule has 1 unspecified atom stereocenters. The number of aliphatic hydroxyl groups excluding tert-OH is 5. The number of nitrogens with zero attached hydrogens (tertiary/aromatic N) is 4. The van der Waals surface area contributed by atoms with Gasteiger partial charge in [-0.25, -0.2) is 14.6 Å². The van der Waals surface area contributed by atoms with Crippen molar-refractivity contribution in [3.63, 3.8) is 0 Å². The van der Waals surface area contributed by atoms with Crippen LogP contribution in [0, 0.1) is 20.8 Å². The molecule has 0 saturated carbocycles. The van der Waals surface area contributed by atoms with Crippen LogP contribution < -0.4 is 56.9 Å². The van der Waals surface area contributed by atoms with Gasteiger partial charge < -0.3 is 49.1 Å². The summed E-state index contributed by atoms with van der Waals surface area (Å²) in [5.41, 5.74) is -0.0785. The number of hydrogen-bond donors (Lipinski definition) is 8. The van der Waals surface area contributed by atoms with E-state index in [0.29, 0.717) is 16.6 Å². The average Bonchev–Trinajstić information content (AvgIpc) is 3.38. The van der Waals surface area contributed by atoms with Crippen LogP contribution >= 0.6 is 7.82 Å². The van der Waals surface area contributed by atoms with Crippen molar-refractivity contribution in [3.05, 3.63) is 76.7 Å². The number of benzene rings is 1. The molecule has 49 heavy (non-hydrogen) atoms. The van der Waals surface area contributed by atoms with Crippen LogP contribution in [0.5, 0.6) is 0 Å². The standard InChI is InChI=1S/C17H21N4O9P.C10H14N2O5.Na/c1-7-3-9-10(4-8(7)2)21(15-13(18-9)16(25)20-17(26)19-15)5-11(22)14(24)12(23)6-30-31(27,28)29;1-5-3-12(10(16)11-9(5)15)8-2-6(14)7(4-13)17-8;/h3-4,11-12,14,22-24H,5-6H2,1-2H3,(H,20,25,26)(H2,27,28,29);3,6-8,13-14H,2,4H2,1H3,(H,11,15,16);/q;;+1/p-1/t11-,12+,14-;6-,7+,8+;/m00./s1. The maximum atomic E-state index is 12.2. The van der Waals surface area contributed by atoms with E-state index >= 15 is 0 Å². The third kappa shape index (κ3) is 9.64. The number of nitrogens with one attached hydrogen (secondary N) is 2. The molecule has 20 nitrogen and oxygen atoms in total. The molecule has 3 aliphatic heterocycles. The van der Waals surface area contributed by atoms with Crippen LogP contribution in [-0.4, -0.2) is 103 Å². The number of aliphatic hydroxyl groups is 5. The first-order valence-corrected chi connectivity index (χ1v) is 15.8. The maximum absolute atomic E-state index is 12.2. The molecule has 22 heteroatoms. The van der Waals surface area contributed by atoms with Crippen molar-refractivity contribution in [2.24, 2.45) is 0 Å². The minimum absolute atomic E-state index is 0. The molecule has 0 spiro atoms. The molecule has 262 valence electrons. The molecule has 0 bridgehead atoms. The third-order valence-electron chi connectivity index (χ3n) is 7.63. The average molecular weight is 721 g/mol. The number of phosphoric ester groups is 1. The van der Waals surface area contributed by atoms with Crippen LogP contribution in [-0.2, 0) is 20.4 Å². The Hall–Kier alpha value is -2.95. The monoisotopic (exact) mass is 720 g/mol. The largest absolute Gasteiger partial charge is 1.00 e. The van der Waals surface area contributed by atoms with Crippen LogP contribution in [0.15, 0.2) is 37.5 Å². The summed E-state index contributed by atoms with van der Waals surface area (Å²) in [7, 11) is -5.14. The van der Waals surface area contributed by atoms with Gasteiger partial charge in [0.2, 0.25) is 0 Å². The maximum Gasteiger partial charge on any atom is 1.00 e. The summed E-state index contributed by atoms with van der Waals surface area (Å²) in [4.78, 5) is 78.2. The molecule has 0 amide bonds. The molecule has 0 radical (unpaired) electrons. The van der Waals surface area contributed by atoms with Crippen molar-refractivity contribution in [3.8, 4) is 11.5 Å². The number of aromatic amines is 2. The summed E-state index contributed by atoms with van der Waals surface area (Å²) < 4.78 is 22.5. The predicted molar refractivity (Wildman–Crippen MR) is 162 cm³/mol. The van der Waals surface area contributed by atoms with E-state index in [-0.39, 0.29) is 54.1 Å².